The second-order valence-electron chi connectivity index (χ2n) is 9.46. The third-order valence-electron chi connectivity index (χ3n) is 5.38. The molecule has 0 unspecified atom stereocenters. The fourth-order valence-corrected chi connectivity index (χ4v) is 4.94. The van der Waals surface area contributed by atoms with Gasteiger partial charge in [-0.05, 0) is 65.0 Å². The summed E-state index contributed by atoms with van der Waals surface area (Å²) in [6.45, 7) is 8.87. The van der Waals surface area contributed by atoms with E-state index < -0.39 is 5.54 Å². The molecule has 0 aliphatic carbocycles. The van der Waals surface area contributed by atoms with Gasteiger partial charge in [-0.3, -0.25) is 19.3 Å². The molecule has 0 saturated carbocycles. The quantitative estimate of drug-likeness (QED) is 0.380. The normalized spacial score (nSPS) is 11.5. The molecule has 0 saturated heterocycles. The molecule has 1 N–H and O–H groups in total. The molecule has 0 radical (unpaired) electrons. The summed E-state index contributed by atoms with van der Waals surface area (Å²) < 4.78 is 1.83. The Kier molecular flexibility index (Phi) is 6.58. The van der Waals surface area contributed by atoms with Crippen LogP contribution in [-0.4, -0.2) is 39.5 Å². The number of benzene rings is 2. The minimum atomic E-state index is -0.444. The molecule has 2 aromatic carbocycles. The van der Waals surface area contributed by atoms with E-state index in [1.165, 1.54) is 23.2 Å². The van der Waals surface area contributed by atoms with Crippen LogP contribution in [0.1, 0.15) is 53.4 Å². The van der Waals surface area contributed by atoms with Crippen LogP contribution < -0.4 is 10.2 Å². The molecule has 180 valence electrons. The fraction of sp³-hybridized carbons (Fsp3) is 0.259. The molecule has 4 rings (SSSR count). The largest absolute Gasteiger partial charge is 0.350 e. The highest BCUT2D eigenvalue weighted by Crippen LogP contribution is 2.32. The first kappa shape index (κ1) is 24.3. The number of ketones is 1. The van der Waals surface area contributed by atoms with Crippen LogP contribution in [0.5, 0.6) is 0 Å². The highest BCUT2D eigenvalue weighted by Gasteiger charge is 2.26. The number of aromatic nitrogens is 2. The van der Waals surface area contributed by atoms with Gasteiger partial charge in [0.05, 0.1) is 16.3 Å². The Balaban J connectivity index is 1.76. The Labute approximate surface area is 208 Å². The van der Waals surface area contributed by atoms with Gasteiger partial charge in [-0.15, -0.1) is 11.3 Å². The zero-order chi connectivity index (χ0) is 25.3. The Hall–Kier alpha value is -3.78. The summed E-state index contributed by atoms with van der Waals surface area (Å²) in [5.41, 5.74) is 2.24. The van der Waals surface area contributed by atoms with Crippen LogP contribution in [0.3, 0.4) is 0 Å². The molecule has 0 atom stereocenters. The highest BCUT2D eigenvalue weighted by atomic mass is 32.1. The molecule has 8 heteroatoms. The van der Waals surface area contributed by atoms with Gasteiger partial charge >= 0.3 is 0 Å². The molecule has 35 heavy (non-hydrogen) atoms. The predicted octanol–water partition coefficient (Wildman–Crippen LogP) is 5.16. The van der Waals surface area contributed by atoms with Gasteiger partial charge in [0, 0.05) is 22.2 Å². The van der Waals surface area contributed by atoms with Crippen LogP contribution in [0.4, 0.5) is 5.69 Å². The Bertz CT molecular complexity index is 1410. The average Bonchev–Trinajstić information content (AvgIpc) is 3.37. The summed E-state index contributed by atoms with van der Waals surface area (Å²) in [4.78, 5) is 41.4. The number of hydrogen-bond acceptors (Lipinski definition) is 5. The van der Waals surface area contributed by atoms with Crippen LogP contribution in [0.15, 0.2) is 60.7 Å². The lowest BCUT2D eigenvalue weighted by Gasteiger charge is -2.26. The molecule has 0 spiro atoms. The second kappa shape index (κ2) is 9.46. The van der Waals surface area contributed by atoms with E-state index in [2.05, 4.69) is 10.4 Å². The number of Topliss-reactive ketones (excluding diaryl/α,β-unsaturated/α-hetero) is 1. The smallest absolute Gasteiger partial charge is 0.268 e. The standard InChI is InChI=1S/C27H28N4O3S/c1-17-22-15-23(35-26(22)31(29-17)20-11-7-6-8-12-20)25(34)30(16-24(33)28-27(3,4)5)21-13-9-10-19(14-21)18(2)32/h6-15H,16H2,1-5H3,(H,28,33). The zero-order valence-electron chi connectivity index (χ0n) is 20.5. The molecule has 2 heterocycles. The summed E-state index contributed by atoms with van der Waals surface area (Å²) in [5, 5.41) is 8.45. The molecule has 0 fully saturated rings. The number of fused-ring (bicyclic) bond motifs is 1. The number of thiophene rings is 1. The second-order valence-corrected chi connectivity index (χ2v) is 10.5. The van der Waals surface area contributed by atoms with Crippen LogP contribution in [0.2, 0.25) is 0 Å². The molecule has 0 aliphatic rings. The molecule has 2 aromatic heterocycles. The lowest BCUT2D eigenvalue weighted by Crippen LogP contribution is -2.47. The number of aryl methyl sites for hydroxylation is 1. The summed E-state index contributed by atoms with van der Waals surface area (Å²) in [6.07, 6.45) is 0. The molecular weight excluding hydrogens is 460 g/mol. The van der Waals surface area contributed by atoms with Crippen molar-refractivity contribution in [1.29, 1.82) is 0 Å². The summed E-state index contributed by atoms with van der Waals surface area (Å²) >= 11 is 1.33. The number of nitrogens with one attached hydrogen (secondary N) is 1. The maximum atomic E-state index is 13.8. The molecule has 0 aliphatic heterocycles. The van der Waals surface area contributed by atoms with Crippen molar-refractivity contribution in [3.63, 3.8) is 0 Å². The van der Waals surface area contributed by atoms with Gasteiger partial charge in [-0.1, -0.05) is 30.3 Å². The van der Waals surface area contributed by atoms with Crippen molar-refractivity contribution in [1.82, 2.24) is 15.1 Å². The third kappa shape index (κ3) is 5.33. The van der Waals surface area contributed by atoms with Crippen molar-refractivity contribution >= 4 is 44.8 Å². The minimum Gasteiger partial charge on any atom is -0.350 e. The van der Waals surface area contributed by atoms with Gasteiger partial charge < -0.3 is 5.32 Å². The Morgan fingerprint density at radius 1 is 1.03 bits per heavy atom. The maximum Gasteiger partial charge on any atom is 0.268 e. The number of amides is 2. The average molecular weight is 489 g/mol. The molecule has 2 amide bonds. The molecular formula is C27H28N4O3S. The van der Waals surface area contributed by atoms with Crippen molar-refractivity contribution in [2.45, 2.75) is 40.2 Å². The van der Waals surface area contributed by atoms with Crippen LogP contribution >= 0.6 is 11.3 Å². The van der Waals surface area contributed by atoms with Crippen LogP contribution in [0, 0.1) is 6.92 Å². The predicted molar refractivity (Wildman–Crippen MR) is 140 cm³/mol. The van der Waals surface area contributed by atoms with Gasteiger partial charge in [0.15, 0.2) is 5.78 Å². The molecule has 7 nitrogen and oxygen atoms in total. The third-order valence-corrected chi connectivity index (χ3v) is 6.48. The molecule has 0 bridgehead atoms. The van der Waals surface area contributed by atoms with Crippen molar-refractivity contribution in [2.75, 3.05) is 11.4 Å². The van der Waals surface area contributed by atoms with E-state index in [4.69, 9.17) is 0 Å². The fourth-order valence-electron chi connectivity index (χ4n) is 3.80. The van der Waals surface area contributed by atoms with Crippen LogP contribution in [0.25, 0.3) is 15.9 Å². The van der Waals surface area contributed by atoms with E-state index in [0.717, 1.165) is 21.6 Å². The van der Waals surface area contributed by atoms with E-state index in [1.54, 1.807) is 24.3 Å². The van der Waals surface area contributed by atoms with Gasteiger partial charge in [-0.25, -0.2) is 4.68 Å². The first-order valence-electron chi connectivity index (χ1n) is 11.3. The summed E-state index contributed by atoms with van der Waals surface area (Å²) in [7, 11) is 0. The maximum absolute atomic E-state index is 13.8. The number of nitrogens with zero attached hydrogens (tertiary/aromatic N) is 3. The number of carbonyl (C=O) groups is 3. The molecule has 4 aromatic rings. The lowest BCUT2D eigenvalue weighted by atomic mass is 10.1. The van der Waals surface area contributed by atoms with Gasteiger partial charge in [0.1, 0.15) is 11.4 Å². The van der Waals surface area contributed by atoms with E-state index in [-0.39, 0.29) is 24.1 Å². The monoisotopic (exact) mass is 488 g/mol. The lowest BCUT2D eigenvalue weighted by molar-refractivity contribution is -0.121. The van der Waals surface area contributed by atoms with Crippen molar-refractivity contribution < 1.29 is 14.4 Å². The van der Waals surface area contributed by atoms with Gasteiger partial charge in [0.2, 0.25) is 5.91 Å². The van der Waals surface area contributed by atoms with Crippen LogP contribution in [-0.2, 0) is 4.79 Å². The van der Waals surface area contributed by atoms with Gasteiger partial charge in [0.25, 0.3) is 5.91 Å². The topological polar surface area (TPSA) is 84.3 Å². The van der Waals surface area contributed by atoms with E-state index >= 15 is 0 Å². The number of hydrogen-bond donors (Lipinski definition) is 1. The zero-order valence-corrected chi connectivity index (χ0v) is 21.3. The number of para-hydroxylation sites is 1. The van der Waals surface area contributed by atoms with E-state index in [9.17, 15) is 14.4 Å². The summed E-state index contributed by atoms with van der Waals surface area (Å²) in [5.74, 6) is -0.708. The first-order chi connectivity index (χ1) is 16.5. The SMILES string of the molecule is CC(=O)c1cccc(N(CC(=O)NC(C)(C)C)C(=O)c2cc3c(C)nn(-c4ccccc4)c3s2)c1. The number of carbonyl (C=O) groups excluding carboxylic acids is 3. The summed E-state index contributed by atoms with van der Waals surface area (Å²) in [6, 6.07) is 18.4. The first-order valence-corrected chi connectivity index (χ1v) is 12.1. The van der Waals surface area contributed by atoms with Crippen molar-refractivity contribution in [3.05, 3.63) is 76.8 Å². The number of anilines is 1. The Morgan fingerprint density at radius 3 is 2.40 bits per heavy atom. The van der Waals surface area contributed by atoms with Crippen molar-refractivity contribution in [3.8, 4) is 5.69 Å². The highest BCUT2D eigenvalue weighted by molar-refractivity contribution is 7.20. The van der Waals surface area contributed by atoms with Gasteiger partial charge in [-0.2, -0.15) is 5.10 Å². The minimum absolute atomic E-state index is 0.112. The van der Waals surface area contributed by atoms with E-state index in [1.807, 2.05) is 68.8 Å². The number of rotatable bonds is 6. The Morgan fingerprint density at radius 2 is 1.74 bits per heavy atom. The van der Waals surface area contributed by atoms with Crippen molar-refractivity contribution in [2.24, 2.45) is 0 Å². The van der Waals surface area contributed by atoms with E-state index in [0.29, 0.717) is 16.1 Å².